The van der Waals surface area contributed by atoms with E-state index in [1.165, 1.54) is 54.6 Å². The molecular formula is C45H45IrNO2-2. The van der Waals surface area contributed by atoms with Crippen LogP contribution in [-0.4, -0.2) is 15.9 Å². The van der Waals surface area contributed by atoms with Crippen molar-refractivity contribution in [2.45, 2.75) is 53.4 Å². The van der Waals surface area contributed by atoms with Gasteiger partial charge < -0.3 is 17.5 Å². The number of carbonyl (C=O) groups is 1. The number of aliphatic hydroxyl groups excluding tert-OH is 1. The van der Waals surface area contributed by atoms with Crippen molar-refractivity contribution in [3.8, 4) is 0 Å². The summed E-state index contributed by atoms with van der Waals surface area (Å²) in [7, 11) is 0. The van der Waals surface area contributed by atoms with Crippen LogP contribution in [0.15, 0.2) is 121 Å². The molecule has 3 nitrogen and oxygen atoms in total. The molecule has 0 unspecified atom stereocenters. The van der Waals surface area contributed by atoms with E-state index in [4.69, 9.17) is 4.98 Å². The molecule has 6 aromatic carbocycles. The zero-order chi connectivity index (χ0) is 32.9. The van der Waals surface area contributed by atoms with Gasteiger partial charge in [0.25, 0.3) is 0 Å². The van der Waals surface area contributed by atoms with Gasteiger partial charge in [0.2, 0.25) is 0 Å². The van der Waals surface area contributed by atoms with Crippen molar-refractivity contribution < 1.29 is 30.0 Å². The summed E-state index contributed by atoms with van der Waals surface area (Å²) in [6.45, 7) is 8.07. The van der Waals surface area contributed by atoms with Gasteiger partial charge in [0.15, 0.2) is 5.78 Å². The molecule has 0 fully saturated rings. The van der Waals surface area contributed by atoms with Gasteiger partial charge in [0, 0.05) is 44.2 Å². The molecule has 1 heterocycles. The van der Waals surface area contributed by atoms with Crippen molar-refractivity contribution in [2.24, 2.45) is 11.8 Å². The van der Waals surface area contributed by atoms with Crippen LogP contribution in [0, 0.1) is 25.3 Å². The minimum atomic E-state index is 0. The van der Waals surface area contributed by atoms with E-state index < -0.39 is 0 Å². The molecule has 0 aliphatic carbocycles. The summed E-state index contributed by atoms with van der Waals surface area (Å²) in [5, 5.41) is 22.9. The second-order valence-corrected chi connectivity index (χ2v) is 12.4. The Labute approximate surface area is 304 Å². The Morgan fingerprint density at radius 2 is 1.24 bits per heavy atom. The van der Waals surface area contributed by atoms with Crippen LogP contribution in [0.5, 0.6) is 0 Å². The van der Waals surface area contributed by atoms with Crippen molar-refractivity contribution in [3.05, 3.63) is 135 Å². The van der Waals surface area contributed by atoms with E-state index in [0.29, 0.717) is 0 Å². The summed E-state index contributed by atoms with van der Waals surface area (Å²) >= 11 is 0. The summed E-state index contributed by atoms with van der Waals surface area (Å²) < 4.78 is 0. The summed E-state index contributed by atoms with van der Waals surface area (Å²) in [6, 6.07) is 40.6. The molecule has 1 aromatic heterocycles. The molecule has 6 bridgehead atoms. The fourth-order valence-corrected chi connectivity index (χ4v) is 6.76. The van der Waals surface area contributed by atoms with Gasteiger partial charge in [-0.1, -0.05) is 118 Å². The zero-order valence-electron chi connectivity index (χ0n) is 29.1. The first kappa shape index (κ1) is 37.4. The van der Waals surface area contributed by atoms with Crippen molar-refractivity contribution in [1.82, 2.24) is 4.98 Å². The number of pyridine rings is 1. The standard InChI is InChI=1S/C31H18N.C13H24O2.CH3.Ir/c1-2-11-26-25(10-1)23-8-3-7-21(16-23)22-15-14-20-6-4-13-28(29(20)17-22)31-18-30-24(19-32-31)9-5-12-27(26)30;1-5-10(6-2)12(14)9-13(15)11(7-3)8-4;;/h1-12,14-19H;9-11,14H,5-8H2,1-4H3;1H3;/q-1;;-1;/b;12-9-;;. The van der Waals surface area contributed by atoms with Crippen LogP contribution in [0.4, 0.5) is 0 Å². The minimum absolute atomic E-state index is 0. The van der Waals surface area contributed by atoms with Crippen LogP contribution < -0.4 is 0 Å². The summed E-state index contributed by atoms with van der Waals surface area (Å²) in [5.74, 6) is 0.547. The maximum absolute atomic E-state index is 11.7. The molecule has 0 saturated carbocycles. The second-order valence-electron chi connectivity index (χ2n) is 12.4. The van der Waals surface area contributed by atoms with E-state index in [0.717, 1.165) is 42.0 Å². The number of nitrogens with zero attached hydrogens (tertiary/aromatic N) is 1. The van der Waals surface area contributed by atoms with Crippen molar-refractivity contribution >= 4 is 70.5 Å². The largest absolute Gasteiger partial charge is 0.512 e. The van der Waals surface area contributed by atoms with Crippen LogP contribution in [0.25, 0.3) is 64.8 Å². The zero-order valence-corrected chi connectivity index (χ0v) is 31.5. The van der Waals surface area contributed by atoms with Gasteiger partial charge in [-0.05, 0) is 80.4 Å². The minimum Gasteiger partial charge on any atom is -0.512 e. The molecule has 0 spiro atoms. The molecule has 0 aliphatic rings. The number of fused-ring (bicyclic) bond motifs is 9. The number of benzene rings is 5. The Balaban J connectivity index is 0.000000275. The van der Waals surface area contributed by atoms with E-state index >= 15 is 0 Å². The van der Waals surface area contributed by atoms with Crippen LogP contribution in [0.3, 0.4) is 0 Å². The van der Waals surface area contributed by atoms with Crippen LogP contribution in [-0.2, 0) is 24.9 Å². The molecule has 253 valence electrons. The number of hydrogen-bond donors (Lipinski definition) is 1. The van der Waals surface area contributed by atoms with Gasteiger partial charge in [-0.15, -0.1) is 29.0 Å². The number of rotatable bonds is 7. The third-order valence-electron chi connectivity index (χ3n) is 9.64. The van der Waals surface area contributed by atoms with E-state index in [1.54, 1.807) is 0 Å². The van der Waals surface area contributed by atoms with Crippen LogP contribution in [0.2, 0.25) is 0 Å². The van der Waals surface area contributed by atoms with Crippen LogP contribution >= 0.6 is 0 Å². The van der Waals surface area contributed by atoms with Crippen LogP contribution in [0.1, 0.15) is 53.4 Å². The third kappa shape index (κ3) is 7.77. The summed E-state index contributed by atoms with van der Waals surface area (Å²) in [6.07, 6.45) is 6.90. The van der Waals surface area contributed by atoms with Crippen molar-refractivity contribution in [1.29, 1.82) is 0 Å². The van der Waals surface area contributed by atoms with E-state index in [-0.39, 0.29) is 50.9 Å². The summed E-state index contributed by atoms with van der Waals surface area (Å²) in [5.41, 5.74) is 0.955. The maximum Gasteiger partial charge on any atom is 0.162 e. The topological polar surface area (TPSA) is 50.2 Å². The Morgan fingerprint density at radius 3 is 1.98 bits per heavy atom. The van der Waals surface area contributed by atoms with Gasteiger partial charge in [-0.25, -0.2) is 0 Å². The molecule has 0 saturated heterocycles. The Kier molecular flexibility index (Phi) is 12.9. The number of allylic oxidation sites excluding steroid dienone is 2. The molecular weight excluding hydrogens is 779 g/mol. The predicted octanol–water partition coefficient (Wildman–Crippen LogP) is 12.7. The molecule has 7 aromatic rings. The number of aromatic nitrogens is 1. The fraction of sp³-hybridized carbons (Fsp3) is 0.222. The smallest absolute Gasteiger partial charge is 0.162 e. The number of carbonyl (C=O) groups excluding carboxylic acids is 1. The predicted molar refractivity (Wildman–Crippen MR) is 207 cm³/mol. The van der Waals surface area contributed by atoms with E-state index in [2.05, 4.69) is 103 Å². The number of aliphatic hydroxyl groups is 1. The molecule has 1 radical (unpaired) electrons. The fourth-order valence-electron chi connectivity index (χ4n) is 6.76. The van der Waals surface area contributed by atoms with Gasteiger partial charge in [-0.3, -0.25) is 4.79 Å². The maximum atomic E-state index is 11.7. The SMILES string of the molecule is CCC(CC)C(=O)/C=C(\O)C(CC)CC.[CH3-].[Ir].[c-]1ccc2ccc3cc2c1c1cc2c(cccc2c2ccccc2c2cccc3c2)cn1. The number of ketones is 1. The van der Waals surface area contributed by atoms with Gasteiger partial charge in [0.1, 0.15) is 0 Å². The Bertz CT molecular complexity index is 2300. The molecule has 0 atom stereocenters. The molecule has 49 heavy (non-hydrogen) atoms. The summed E-state index contributed by atoms with van der Waals surface area (Å²) in [4.78, 5) is 16.6. The first-order valence-electron chi connectivity index (χ1n) is 16.9. The third-order valence-corrected chi connectivity index (χ3v) is 9.64. The Morgan fingerprint density at radius 1 is 0.653 bits per heavy atom. The average molecular weight is 824 g/mol. The van der Waals surface area contributed by atoms with E-state index in [9.17, 15) is 9.90 Å². The molecule has 7 rings (SSSR count). The van der Waals surface area contributed by atoms with Crippen molar-refractivity contribution in [2.75, 3.05) is 0 Å². The quantitative estimate of drug-likeness (QED) is 0.0990. The van der Waals surface area contributed by atoms with Gasteiger partial charge >= 0.3 is 0 Å². The first-order valence-corrected chi connectivity index (χ1v) is 16.9. The normalized spacial score (nSPS) is 11.5. The monoisotopic (exact) mass is 824 g/mol. The van der Waals surface area contributed by atoms with Gasteiger partial charge in [-0.2, -0.15) is 0 Å². The Hall–Kier alpha value is -4.37. The average Bonchev–Trinajstić information content (AvgIpc) is 3.12. The van der Waals surface area contributed by atoms with Crippen molar-refractivity contribution in [3.63, 3.8) is 0 Å². The first-order chi connectivity index (χ1) is 22.9. The van der Waals surface area contributed by atoms with Gasteiger partial charge in [0.05, 0.1) is 5.76 Å². The molecule has 0 aliphatic heterocycles. The number of hydrogen-bond acceptors (Lipinski definition) is 3. The van der Waals surface area contributed by atoms with E-state index in [1.807, 2.05) is 40.0 Å². The molecule has 1 N–H and O–H groups in total. The molecule has 4 heteroatoms. The second kappa shape index (κ2) is 16.8. The molecule has 0 amide bonds.